The van der Waals surface area contributed by atoms with Crippen LogP contribution in [0, 0.1) is 17.8 Å². The van der Waals surface area contributed by atoms with Crippen molar-refractivity contribution in [3.8, 4) is 0 Å². The molecule has 2 aliphatic rings. The Bertz CT molecular complexity index is 611. The first-order valence-electron chi connectivity index (χ1n) is 7.70. The van der Waals surface area contributed by atoms with Crippen LogP contribution >= 0.6 is 11.6 Å². The van der Waals surface area contributed by atoms with Gasteiger partial charge in [-0.15, -0.1) is 0 Å². The molecule has 0 saturated heterocycles. The number of carbonyl (C=O) groups is 1. The number of alkyl halides is 5. The van der Waals surface area contributed by atoms with Gasteiger partial charge < -0.3 is 0 Å². The minimum Gasteiger partial charge on any atom is -0.281 e. The molecular formula is C17H18ClF5O. The van der Waals surface area contributed by atoms with Crippen LogP contribution in [0.3, 0.4) is 0 Å². The summed E-state index contributed by atoms with van der Waals surface area (Å²) in [5.74, 6) is -5.18. The van der Waals surface area contributed by atoms with Gasteiger partial charge in [0.05, 0.1) is 5.57 Å². The van der Waals surface area contributed by atoms with Crippen molar-refractivity contribution in [3.05, 3.63) is 34.9 Å². The molecule has 0 radical (unpaired) electrons. The molecule has 1 saturated carbocycles. The summed E-state index contributed by atoms with van der Waals surface area (Å²) in [4.78, 5) is 11.2. The van der Waals surface area contributed by atoms with E-state index in [-0.39, 0.29) is 12.0 Å². The summed E-state index contributed by atoms with van der Waals surface area (Å²) >= 11 is 5.40. The number of hydrogen-bond acceptors (Lipinski definition) is 1. The summed E-state index contributed by atoms with van der Waals surface area (Å²) in [5, 5.41) is -0.616. The zero-order chi connectivity index (χ0) is 18.3. The molecule has 0 spiro atoms. The van der Waals surface area contributed by atoms with Crippen LogP contribution in [0.5, 0.6) is 0 Å². The first kappa shape index (κ1) is 19.2. The fourth-order valence-corrected chi connectivity index (χ4v) is 2.83. The van der Waals surface area contributed by atoms with Crippen LogP contribution in [0.15, 0.2) is 34.9 Å². The van der Waals surface area contributed by atoms with Crippen molar-refractivity contribution in [2.45, 2.75) is 45.2 Å². The minimum atomic E-state index is -4.71. The summed E-state index contributed by atoms with van der Waals surface area (Å²) in [6.45, 7) is 3.17. The standard InChI is InChI=1S/C17H18ClF5O/c1-9(10(2)15(18)24)5-11-6-13(16(19,20)12-3-4-12)8-14(7-11)17(21,22)23/h5,7-10,12H,3-4,6H2,1-2H3/b11-5+. The second-order valence-corrected chi connectivity index (χ2v) is 6.91. The van der Waals surface area contributed by atoms with Crippen molar-refractivity contribution in [2.24, 2.45) is 17.8 Å². The van der Waals surface area contributed by atoms with Gasteiger partial charge in [0.25, 0.3) is 5.92 Å². The van der Waals surface area contributed by atoms with Gasteiger partial charge in [0.2, 0.25) is 5.24 Å². The molecule has 2 unspecified atom stereocenters. The monoisotopic (exact) mass is 368 g/mol. The van der Waals surface area contributed by atoms with Crippen LogP contribution in [0.2, 0.25) is 0 Å². The highest BCUT2D eigenvalue weighted by atomic mass is 35.5. The molecule has 0 aromatic heterocycles. The Morgan fingerprint density at radius 3 is 2.25 bits per heavy atom. The lowest BCUT2D eigenvalue weighted by atomic mass is 9.86. The van der Waals surface area contributed by atoms with E-state index in [2.05, 4.69) is 0 Å². The Morgan fingerprint density at radius 1 is 1.21 bits per heavy atom. The molecule has 134 valence electrons. The lowest BCUT2D eigenvalue weighted by molar-refractivity contribution is -0.115. The summed E-state index contributed by atoms with van der Waals surface area (Å²) in [6.07, 6.45) is -1.46. The third-order valence-corrected chi connectivity index (χ3v) is 4.88. The van der Waals surface area contributed by atoms with Crippen LogP contribution < -0.4 is 0 Å². The molecule has 1 nitrogen and oxygen atoms in total. The zero-order valence-corrected chi connectivity index (χ0v) is 14.0. The highest BCUT2D eigenvalue weighted by molar-refractivity contribution is 6.63. The topological polar surface area (TPSA) is 17.1 Å². The van der Waals surface area contributed by atoms with Gasteiger partial charge in [-0.25, -0.2) is 8.78 Å². The first-order valence-corrected chi connectivity index (χ1v) is 8.08. The van der Waals surface area contributed by atoms with E-state index in [1.165, 1.54) is 6.08 Å². The van der Waals surface area contributed by atoms with Gasteiger partial charge in [0, 0.05) is 17.4 Å². The molecule has 0 aliphatic heterocycles. The van der Waals surface area contributed by atoms with Gasteiger partial charge in [-0.3, -0.25) is 4.79 Å². The van der Waals surface area contributed by atoms with E-state index in [0.29, 0.717) is 18.9 Å². The third-order valence-electron chi connectivity index (χ3n) is 4.53. The van der Waals surface area contributed by atoms with Gasteiger partial charge in [-0.05, 0) is 54.5 Å². The largest absolute Gasteiger partial charge is 0.416 e. The Labute approximate surface area is 142 Å². The SMILES string of the molecule is CC(/C=C1/C=C(C(F)(F)F)C=C(C(F)(F)C2CC2)C1)C(C)C(=O)Cl. The number of carbonyl (C=O) groups excluding carboxylic acids is 1. The predicted octanol–water partition coefficient (Wildman–Crippen LogP) is 5.81. The van der Waals surface area contributed by atoms with Crippen LogP contribution in [-0.4, -0.2) is 17.3 Å². The normalized spacial score (nSPS) is 23.6. The highest BCUT2D eigenvalue weighted by Crippen LogP contribution is 2.50. The number of halogens is 6. The van der Waals surface area contributed by atoms with E-state index < -0.39 is 46.2 Å². The van der Waals surface area contributed by atoms with Crippen LogP contribution in [0.1, 0.15) is 33.1 Å². The summed E-state index contributed by atoms with van der Waals surface area (Å²) < 4.78 is 67.7. The maximum absolute atomic E-state index is 14.3. The molecule has 24 heavy (non-hydrogen) atoms. The molecular weight excluding hydrogens is 351 g/mol. The van der Waals surface area contributed by atoms with Crippen molar-refractivity contribution in [1.82, 2.24) is 0 Å². The molecule has 0 aromatic rings. The fourth-order valence-electron chi connectivity index (χ4n) is 2.63. The van der Waals surface area contributed by atoms with Crippen molar-refractivity contribution in [1.29, 1.82) is 0 Å². The van der Waals surface area contributed by atoms with Gasteiger partial charge >= 0.3 is 6.18 Å². The molecule has 2 aliphatic carbocycles. The second kappa shape index (κ2) is 6.62. The van der Waals surface area contributed by atoms with Gasteiger partial charge in [0.1, 0.15) is 0 Å². The molecule has 2 rings (SSSR count). The summed E-state index contributed by atoms with van der Waals surface area (Å²) in [7, 11) is 0. The molecule has 2 atom stereocenters. The Kier molecular flexibility index (Phi) is 5.28. The maximum atomic E-state index is 14.3. The van der Waals surface area contributed by atoms with Crippen LogP contribution in [0.25, 0.3) is 0 Å². The average molecular weight is 369 g/mol. The van der Waals surface area contributed by atoms with Crippen LogP contribution in [-0.2, 0) is 4.79 Å². The number of hydrogen-bond donors (Lipinski definition) is 0. The first-order chi connectivity index (χ1) is 10.9. The number of allylic oxidation sites excluding steroid dienone is 6. The van der Waals surface area contributed by atoms with E-state index in [0.717, 1.165) is 6.08 Å². The van der Waals surface area contributed by atoms with Crippen molar-refractivity contribution in [2.75, 3.05) is 0 Å². The van der Waals surface area contributed by atoms with E-state index in [1.807, 2.05) is 0 Å². The lowest BCUT2D eigenvalue weighted by Gasteiger charge is -2.26. The Hall–Kier alpha value is -1.17. The quantitative estimate of drug-likeness (QED) is 0.442. The lowest BCUT2D eigenvalue weighted by Crippen LogP contribution is -2.26. The molecule has 0 bridgehead atoms. The Morgan fingerprint density at radius 2 is 1.79 bits per heavy atom. The fraction of sp³-hybridized carbons (Fsp3) is 0.588. The Balaban J connectivity index is 2.35. The van der Waals surface area contributed by atoms with Crippen LogP contribution in [0.4, 0.5) is 22.0 Å². The van der Waals surface area contributed by atoms with Crippen molar-refractivity contribution in [3.63, 3.8) is 0 Å². The molecule has 0 N–H and O–H groups in total. The zero-order valence-electron chi connectivity index (χ0n) is 13.3. The van der Waals surface area contributed by atoms with E-state index in [1.54, 1.807) is 13.8 Å². The minimum absolute atomic E-state index is 0.136. The van der Waals surface area contributed by atoms with Gasteiger partial charge in [-0.2, -0.15) is 13.2 Å². The third kappa shape index (κ3) is 4.26. The highest BCUT2D eigenvalue weighted by Gasteiger charge is 2.50. The van der Waals surface area contributed by atoms with Crippen molar-refractivity contribution >= 4 is 16.8 Å². The predicted molar refractivity (Wildman–Crippen MR) is 81.8 cm³/mol. The summed E-state index contributed by atoms with van der Waals surface area (Å²) in [5.41, 5.74) is -1.46. The maximum Gasteiger partial charge on any atom is 0.416 e. The van der Waals surface area contributed by atoms with E-state index >= 15 is 0 Å². The molecule has 0 aromatic carbocycles. The average Bonchev–Trinajstić information content (AvgIpc) is 3.29. The smallest absolute Gasteiger partial charge is 0.281 e. The molecule has 0 amide bonds. The summed E-state index contributed by atoms with van der Waals surface area (Å²) in [6, 6.07) is 0. The van der Waals surface area contributed by atoms with Crippen molar-refractivity contribution < 1.29 is 26.7 Å². The van der Waals surface area contributed by atoms with E-state index in [9.17, 15) is 26.7 Å². The van der Waals surface area contributed by atoms with Gasteiger partial charge in [-0.1, -0.05) is 19.9 Å². The number of rotatable bonds is 5. The van der Waals surface area contributed by atoms with Gasteiger partial charge in [0.15, 0.2) is 0 Å². The second-order valence-electron chi connectivity index (χ2n) is 6.53. The molecule has 1 fully saturated rings. The van der Waals surface area contributed by atoms with E-state index in [4.69, 9.17) is 11.6 Å². The molecule has 0 heterocycles. The molecule has 7 heteroatoms.